The maximum atomic E-state index is 5.80. The van der Waals surface area contributed by atoms with E-state index >= 15 is 0 Å². The minimum absolute atomic E-state index is 0.542. The zero-order chi connectivity index (χ0) is 10.6. The molecule has 0 aliphatic rings. The van der Waals surface area contributed by atoms with Gasteiger partial charge in [-0.2, -0.15) is 0 Å². The molecular formula is C13H21N. The van der Waals surface area contributed by atoms with Gasteiger partial charge >= 0.3 is 0 Å². The maximum Gasteiger partial charge on any atom is -0.000814 e. The summed E-state index contributed by atoms with van der Waals surface area (Å²) in [5.74, 6) is 0.542. The first-order valence-corrected chi connectivity index (χ1v) is 5.46. The Bertz CT molecular complexity index is 291. The van der Waals surface area contributed by atoms with E-state index in [1.165, 1.54) is 29.5 Å². The summed E-state index contributed by atoms with van der Waals surface area (Å²) < 4.78 is 0. The lowest BCUT2D eigenvalue weighted by Crippen LogP contribution is -2.13. The van der Waals surface area contributed by atoms with Gasteiger partial charge in [-0.1, -0.05) is 37.1 Å². The summed E-state index contributed by atoms with van der Waals surface area (Å²) in [4.78, 5) is 0. The number of hydrogen-bond acceptors (Lipinski definition) is 1. The molecule has 0 saturated carbocycles. The Kier molecular flexibility index (Phi) is 4.15. The van der Waals surface area contributed by atoms with Gasteiger partial charge in [-0.15, -0.1) is 0 Å². The van der Waals surface area contributed by atoms with Crippen LogP contribution >= 0.6 is 0 Å². The fourth-order valence-electron chi connectivity index (χ4n) is 2.03. The standard InChI is InChI=1S/C13H21N/c1-4-5-12(9-14)13-7-6-10(2)8-11(13)3/h6-8,12H,4-5,9,14H2,1-3H3. The number of rotatable bonds is 4. The van der Waals surface area contributed by atoms with Crippen molar-refractivity contribution in [2.45, 2.75) is 39.5 Å². The fraction of sp³-hybridized carbons (Fsp3) is 0.538. The maximum absolute atomic E-state index is 5.80. The molecule has 78 valence electrons. The van der Waals surface area contributed by atoms with Crippen molar-refractivity contribution in [2.75, 3.05) is 6.54 Å². The van der Waals surface area contributed by atoms with Crippen LogP contribution in [0.1, 0.15) is 42.4 Å². The lowest BCUT2D eigenvalue weighted by Gasteiger charge is -2.17. The summed E-state index contributed by atoms with van der Waals surface area (Å²) in [6, 6.07) is 6.66. The third-order valence-corrected chi connectivity index (χ3v) is 2.79. The smallest absolute Gasteiger partial charge is 0.000814 e. The zero-order valence-corrected chi connectivity index (χ0v) is 9.51. The van der Waals surface area contributed by atoms with Crippen molar-refractivity contribution < 1.29 is 0 Å². The molecule has 1 rings (SSSR count). The quantitative estimate of drug-likeness (QED) is 0.777. The monoisotopic (exact) mass is 191 g/mol. The van der Waals surface area contributed by atoms with Gasteiger partial charge in [-0.25, -0.2) is 0 Å². The molecule has 14 heavy (non-hydrogen) atoms. The van der Waals surface area contributed by atoms with Crippen molar-refractivity contribution in [3.05, 3.63) is 34.9 Å². The van der Waals surface area contributed by atoms with Crippen LogP contribution in [-0.4, -0.2) is 6.54 Å². The van der Waals surface area contributed by atoms with Gasteiger partial charge in [-0.05, 0) is 43.9 Å². The van der Waals surface area contributed by atoms with Gasteiger partial charge in [0.25, 0.3) is 0 Å². The van der Waals surface area contributed by atoms with E-state index in [0.29, 0.717) is 5.92 Å². The average Bonchev–Trinajstić information content (AvgIpc) is 2.15. The summed E-state index contributed by atoms with van der Waals surface area (Å²) in [7, 11) is 0. The van der Waals surface area contributed by atoms with E-state index in [2.05, 4.69) is 39.0 Å². The highest BCUT2D eigenvalue weighted by Crippen LogP contribution is 2.24. The zero-order valence-electron chi connectivity index (χ0n) is 9.51. The molecule has 0 spiro atoms. The first kappa shape index (κ1) is 11.3. The highest BCUT2D eigenvalue weighted by molar-refractivity contribution is 5.33. The highest BCUT2D eigenvalue weighted by atomic mass is 14.5. The van der Waals surface area contributed by atoms with Crippen molar-refractivity contribution in [1.29, 1.82) is 0 Å². The van der Waals surface area contributed by atoms with Crippen molar-refractivity contribution in [3.63, 3.8) is 0 Å². The molecular weight excluding hydrogens is 170 g/mol. The van der Waals surface area contributed by atoms with E-state index in [1.807, 2.05) is 0 Å². The van der Waals surface area contributed by atoms with Crippen LogP contribution in [0.4, 0.5) is 0 Å². The molecule has 2 N–H and O–H groups in total. The molecule has 0 aliphatic carbocycles. The molecule has 0 saturated heterocycles. The van der Waals surface area contributed by atoms with Crippen LogP contribution < -0.4 is 5.73 Å². The average molecular weight is 191 g/mol. The molecule has 1 aromatic rings. The molecule has 0 aromatic heterocycles. The summed E-state index contributed by atoms with van der Waals surface area (Å²) >= 11 is 0. The van der Waals surface area contributed by atoms with Gasteiger partial charge < -0.3 is 5.73 Å². The predicted octanol–water partition coefficient (Wildman–Crippen LogP) is 3.15. The molecule has 0 fully saturated rings. The first-order chi connectivity index (χ1) is 6.69. The number of aryl methyl sites for hydroxylation is 2. The van der Waals surface area contributed by atoms with E-state index in [9.17, 15) is 0 Å². The van der Waals surface area contributed by atoms with E-state index < -0.39 is 0 Å². The van der Waals surface area contributed by atoms with Crippen LogP contribution in [-0.2, 0) is 0 Å². The fourth-order valence-corrected chi connectivity index (χ4v) is 2.03. The minimum Gasteiger partial charge on any atom is -0.330 e. The minimum atomic E-state index is 0.542. The van der Waals surface area contributed by atoms with Gasteiger partial charge in [0.15, 0.2) is 0 Å². The summed E-state index contributed by atoms with van der Waals surface area (Å²) in [6.45, 7) is 7.29. The Balaban J connectivity index is 2.92. The Morgan fingerprint density at radius 2 is 2.00 bits per heavy atom. The van der Waals surface area contributed by atoms with Gasteiger partial charge in [0, 0.05) is 0 Å². The molecule has 0 radical (unpaired) electrons. The van der Waals surface area contributed by atoms with E-state index in [1.54, 1.807) is 0 Å². The lowest BCUT2D eigenvalue weighted by molar-refractivity contribution is 0.619. The molecule has 1 heteroatoms. The van der Waals surface area contributed by atoms with Crippen LogP contribution in [0.2, 0.25) is 0 Å². The van der Waals surface area contributed by atoms with Crippen LogP contribution in [0, 0.1) is 13.8 Å². The Hall–Kier alpha value is -0.820. The normalized spacial score (nSPS) is 12.9. The topological polar surface area (TPSA) is 26.0 Å². The summed E-state index contributed by atoms with van der Waals surface area (Å²) in [6.07, 6.45) is 2.40. The molecule has 0 amide bonds. The van der Waals surface area contributed by atoms with Crippen molar-refractivity contribution in [3.8, 4) is 0 Å². The first-order valence-electron chi connectivity index (χ1n) is 5.46. The second-order valence-corrected chi connectivity index (χ2v) is 4.08. The van der Waals surface area contributed by atoms with Gasteiger partial charge in [-0.3, -0.25) is 0 Å². The van der Waals surface area contributed by atoms with Gasteiger partial charge in [0.1, 0.15) is 0 Å². The Labute approximate surface area is 87.3 Å². The van der Waals surface area contributed by atoms with Crippen LogP contribution in [0.25, 0.3) is 0 Å². The molecule has 1 unspecified atom stereocenters. The van der Waals surface area contributed by atoms with E-state index in [0.717, 1.165) is 6.54 Å². The predicted molar refractivity (Wildman–Crippen MR) is 62.6 cm³/mol. The molecule has 1 nitrogen and oxygen atoms in total. The van der Waals surface area contributed by atoms with Crippen molar-refractivity contribution in [2.24, 2.45) is 5.73 Å². The second-order valence-electron chi connectivity index (χ2n) is 4.08. The van der Waals surface area contributed by atoms with Crippen molar-refractivity contribution >= 4 is 0 Å². The third kappa shape index (κ3) is 2.58. The molecule has 1 atom stereocenters. The summed E-state index contributed by atoms with van der Waals surface area (Å²) in [5.41, 5.74) is 9.94. The largest absolute Gasteiger partial charge is 0.330 e. The summed E-state index contributed by atoms with van der Waals surface area (Å²) in [5, 5.41) is 0. The van der Waals surface area contributed by atoms with Gasteiger partial charge in [0.2, 0.25) is 0 Å². The Morgan fingerprint density at radius 3 is 2.50 bits per heavy atom. The third-order valence-electron chi connectivity index (χ3n) is 2.79. The Morgan fingerprint density at radius 1 is 1.29 bits per heavy atom. The lowest BCUT2D eigenvalue weighted by atomic mass is 9.90. The number of benzene rings is 1. The molecule has 1 aromatic carbocycles. The van der Waals surface area contributed by atoms with E-state index in [4.69, 9.17) is 5.73 Å². The van der Waals surface area contributed by atoms with Crippen LogP contribution in [0.3, 0.4) is 0 Å². The number of hydrogen-bond donors (Lipinski definition) is 1. The van der Waals surface area contributed by atoms with Crippen molar-refractivity contribution in [1.82, 2.24) is 0 Å². The molecule has 0 aliphatic heterocycles. The molecule has 0 bridgehead atoms. The number of nitrogens with two attached hydrogens (primary N) is 1. The van der Waals surface area contributed by atoms with Crippen LogP contribution in [0.5, 0.6) is 0 Å². The SMILES string of the molecule is CCCC(CN)c1ccc(C)cc1C. The van der Waals surface area contributed by atoms with Gasteiger partial charge in [0.05, 0.1) is 0 Å². The highest BCUT2D eigenvalue weighted by Gasteiger charge is 2.10. The van der Waals surface area contributed by atoms with E-state index in [-0.39, 0.29) is 0 Å². The molecule has 0 heterocycles. The van der Waals surface area contributed by atoms with Crippen LogP contribution in [0.15, 0.2) is 18.2 Å². The second kappa shape index (κ2) is 5.16.